The third-order valence-electron chi connectivity index (χ3n) is 4.81. The molecule has 2 N–H and O–H groups in total. The predicted molar refractivity (Wildman–Crippen MR) is 112 cm³/mol. The van der Waals surface area contributed by atoms with Crippen molar-refractivity contribution < 1.29 is 9.59 Å². The zero-order chi connectivity index (χ0) is 19.8. The summed E-state index contributed by atoms with van der Waals surface area (Å²) in [5.74, 6) is -0.0647. The lowest BCUT2D eigenvalue weighted by Gasteiger charge is -2.15. The van der Waals surface area contributed by atoms with Crippen LogP contribution in [0, 0.1) is 19.8 Å². The van der Waals surface area contributed by atoms with Crippen molar-refractivity contribution in [3.63, 3.8) is 0 Å². The molecule has 0 radical (unpaired) electrons. The molecule has 4 nitrogen and oxygen atoms in total. The molecule has 0 saturated carbocycles. The van der Waals surface area contributed by atoms with Gasteiger partial charge in [0.05, 0.1) is 0 Å². The first-order valence-corrected chi connectivity index (χ1v) is 9.74. The Kier molecular flexibility index (Phi) is 7.59. The molecule has 0 heterocycles. The minimum atomic E-state index is -0.158. The Morgan fingerprint density at radius 3 is 2.26 bits per heavy atom. The molecule has 2 aromatic rings. The molecule has 0 aliphatic rings. The average molecular weight is 367 g/mol. The third kappa shape index (κ3) is 5.95. The van der Waals surface area contributed by atoms with E-state index in [2.05, 4.69) is 17.6 Å². The number of rotatable bonds is 8. The number of carbonyl (C=O) groups excluding carboxylic acids is 2. The first-order valence-electron chi connectivity index (χ1n) is 9.74. The van der Waals surface area contributed by atoms with E-state index in [0.29, 0.717) is 5.56 Å². The highest BCUT2D eigenvalue weighted by Crippen LogP contribution is 2.19. The van der Waals surface area contributed by atoms with Gasteiger partial charge in [-0.3, -0.25) is 9.59 Å². The Morgan fingerprint density at radius 1 is 0.963 bits per heavy atom. The molecule has 27 heavy (non-hydrogen) atoms. The number of hydrogen-bond acceptors (Lipinski definition) is 2. The van der Waals surface area contributed by atoms with E-state index in [1.165, 1.54) is 0 Å². The number of aryl methyl sites for hydroxylation is 2. The Bertz CT molecular complexity index is 781. The molecule has 2 amide bonds. The minimum absolute atomic E-state index is 0.0393. The van der Waals surface area contributed by atoms with E-state index in [9.17, 15) is 9.59 Å². The van der Waals surface area contributed by atoms with Gasteiger partial charge >= 0.3 is 0 Å². The van der Waals surface area contributed by atoms with E-state index < -0.39 is 0 Å². The zero-order valence-electron chi connectivity index (χ0n) is 16.8. The van der Waals surface area contributed by atoms with Gasteiger partial charge in [0.2, 0.25) is 5.91 Å². The fraction of sp³-hybridized carbons (Fsp3) is 0.391. The molecular weight excluding hydrogens is 336 g/mol. The van der Waals surface area contributed by atoms with Crippen molar-refractivity contribution in [3.8, 4) is 0 Å². The van der Waals surface area contributed by atoms with Crippen molar-refractivity contribution in [2.45, 2.75) is 53.4 Å². The van der Waals surface area contributed by atoms with Gasteiger partial charge in [-0.15, -0.1) is 0 Å². The van der Waals surface area contributed by atoms with Crippen molar-refractivity contribution >= 4 is 23.2 Å². The van der Waals surface area contributed by atoms with Gasteiger partial charge in [0.15, 0.2) is 0 Å². The number of carbonyl (C=O) groups is 2. The Morgan fingerprint density at radius 2 is 1.67 bits per heavy atom. The van der Waals surface area contributed by atoms with Crippen molar-refractivity contribution in [2.24, 2.45) is 5.92 Å². The Balaban J connectivity index is 1.99. The van der Waals surface area contributed by atoms with Crippen LogP contribution in [-0.4, -0.2) is 11.8 Å². The van der Waals surface area contributed by atoms with Gasteiger partial charge in [-0.25, -0.2) is 0 Å². The highest BCUT2D eigenvalue weighted by atomic mass is 16.2. The summed E-state index contributed by atoms with van der Waals surface area (Å²) in [7, 11) is 0. The lowest BCUT2D eigenvalue weighted by atomic mass is 9.98. The lowest BCUT2D eigenvalue weighted by molar-refractivity contribution is -0.120. The van der Waals surface area contributed by atoms with Crippen LogP contribution < -0.4 is 10.6 Å². The maximum absolute atomic E-state index is 12.5. The standard InChI is InChI=1S/C23H30N2O2/c1-5-7-8-18(6-2)22(26)24-20-12-10-19(11-13-20)23(27)25-21-14-9-16(3)15-17(21)4/h9-15,18H,5-8H2,1-4H3,(H,24,26)(H,25,27)/t18-/m0/s1. The van der Waals surface area contributed by atoms with Gasteiger partial charge < -0.3 is 10.6 Å². The molecule has 0 fully saturated rings. The number of unbranched alkanes of at least 4 members (excludes halogenated alkanes) is 1. The molecule has 1 atom stereocenters. The van der Waals surface area contributed by atoms with Crippen LogP contribution in [0.5, 0.6) is 0 Å². The summed E-state index contributed by atoms with van der Waals surface area (Å²) >= 11 is 0. The van der Waals surface area contributed by atoms with Gasteiger partial charge in [0.1, 0.15) is 0 Å². The van der Waals surface area contributed by atoms with Crippen LogP contribution in [-0.2, 0) is 4.79 Å². The maximum atomic E-state index is 12.5. The number of nitrogens with one attached hydrogen (secondary N) is 2. The average Bonchev–Trinajstić information content (AvgIpc) is 2.65. The van der Waals surface area contributed by atoms with Crippen LogP contribution in [0.1, 0.15) is 61.0 Å². The normalized spacial score (nSPS) is 11.7. The van der Waals surface area contributed by atoms with Gasteiger partial charge in [-0.05, 0) is 62.6 Å². The molecule has 4 heteroatoms. The second-order valence-electron chi connectivity index (χ2n) is 7.09. The third-order valence-corrected chi connectivity index (χ3v) is 4.81. The summed E-state index contributed by atoms with van der Waals surface area (Å²) in [6, 6.07) is 13.0. The van der Waals surface area contributed by atoms with Crippen LogP contribution in [0.25, 0.3) is 0 Å². The van der Waals surface area contributed by atoms with E-state index in [1.54, 1.807) is 24.3 Å². The Hall–Kier alpha value is -2.62. The first kappa shape index (κ1) is 20.7. The topological polar surface area (TPSA) is 58.2 Å². The van der Waals surface area contributed by atoms with Crippen LogP contribution in [0.3, 0.4) is 0 Å². The summed E-state index contributed by atoms with van der Waals surface area (Å²) < 4.78 is 0. The molecule has 144 valence electrons. The smallest absolute Gasteiger partial charge is 0.255 e. The number of benzene rings is 2. The largest absolute Gasteiger partial charge is 0.326 e. The molecule has 0 spiro atoms. The lowest BCUT2D eigenvalue weighted by Crippen LogP contribution is -2.22. The Labute approximate surface area is 162 Å². The number of hydrogen-bond donors (Lipinski definition) is 2. The van der Waals surface area contributed by atoms with Crippen LogP contribution >= 0.6 is 0 Å². The highest BCUT2D eigenvalue weighted by molar-refractivity contribution is 6.05. The molecule has 2 aromatic carbocycles. The molecule has 0 bridgehead atoms. The summed E-state index contributed by atoms with van der Waals surface area (Å²) in [4.78, 5) is 24.8. The summed E-state index contributed by atoms with van der Waals surface area (Å²) in [6.07, 6.45) is 3.90. The van der Waals surface area contributed by atoms with Gasteiger partial charge in [-0.2, -0.15) is 0 Å². The van der Waals surface area contributed by atoms with Gasteiger partial charge in [0.25, 0.3) is 5.91 Å². The molecule has 0 aromatic heterocycles. The zero-order valence-corrected chi connectivity index (χ0v) is 16.8. The molecule has 0 unspecified atom stereocenters. The van der Waals surface area contributed by atoms with Gasteiger partial charge in [0, 0.05) is 22.9 Å². The monoisotopic (exact) mass is 366 g/mol. The van der Waals surface area contributed by atoms with E-state index in [4.69, 9.17) is 0 Å². The summed E-state index contributed by atoms with van der Waals surface area (Å²) in [5.41, 5.74) is 4.29. The maximum Gasteiger partial charge on any atom is 0.255 e. The molecule has 0 aliphatic heterocycles. The van der Waals surface area contributed by atoms with Crippen LogP contribution in [0.2, 0.25) is 0 Å². The van der Waals surface area contributed by atoms with Gasteiger partial charge in [-0.1, -0.05) is 44.4 Å². The van der Waals surface area contributed by atoms with Crippen molar-refractivity contribution in [1.82, 2.24) is 0 Å². The fourth-order valence-electron chi connectivity index (χ4n) is 3.07. The summed E-state index contributed by atoms with van der Waals surface area (Å²) in [5, 5.41) is 5.90. The quantitative estimate of drug-likeness (QED) is 0.628. The van der Waals surface area contributed by atoms with Crippen molar-refractivity contribution in [1.29, 1.82) is 0 Å². The minimum Gasteiger partial charge on any atom is -0.326 e. The van der Waals surface area contributed by atoms with Crippen molar-refractivity contribution in [2.75, 3.05) is 10.6 Å². The van der Waals surface area contributed by atoms with E-state index in [-0.39, 0.29) is 17.7 Å². The SMILES string of the molecule is CCCC[C@H](CC)C(=O)Nc1ccc(C(=O)Nc2ccc(C)cc2C)cc1. The van der Waals surface area contributed by atoms with E-state index >= 15 is 0 Å². The molecule has 2 rings (SSSR count). The number of anilines is 2. The van der Waals surface area contributed by atoms with E-state index in [0.717, 1.165) is 48.2 Å². The highest BCUT2D eigenvalue weighted by Gasteiger charge is 2.16. The van der Waals surface area contributed by atoms with E-state index in [1.807, 2.05) is 39.0 Å². The summed E-state index contributed by atoms with van der Waals surface area (Å²) in [6.45, 7) is 8.17. The molecule has 0 saturated heterocycles. The second-order valence-corrected chi connectivity index (χ2v) is 7.09. The first-order chi connectivity index (χ1) is 12.9. The van der Waals surface area contributed by atoms with Crippen LogP contribution in [0.15, 0.2) is 42.5 Å². The number of amides is 2. The predicted octanol–water partition coefficient (Wildman–Crippen LogP) is 5.71. The fourth-order valence-corrected chi connectivity index (χ4v) is 3.07. The second kappa shape index (κ2) is 9.91. The van der Waals surface area contributed by atoms with Crippen LogP contribution in [0.4, 0.5) is 11.4 Å². The molecule has 0 aliphatic carbocycles. The van der Waals surface area contributed by atoms with Crippen molar-refractivity contribution in [3.05, 3.63) is 59.2 Å². The molecular formula is C23H30N2O2.